The van der Waals surface area contributed by atoms with E-state index in [0.717, 1.165) is 11.8 Å². The highest BCUT2D eigenvalue weighted by molar-refractivity contribution is 6.87. The Bertz CT molecular complexity index is 262. The first-order chi connectivity index (χ1) is 7.23. The summed E-state index contributed by atoms with van der Waals surface area (Å²) >= 11 is 0. The van der Waals surface area contributed by atoms with Crippen molar-refractivity contribution in [2.75, 3.05) is 0 Å². The molecule has 1 nitrogen and oxygen atoms in total. The monoisotopic (exact) mass is 220 g/mol. The summed E-state index contributed by atoms with van der Waals surface area (Å²) in [6.07, 6.45) is 5.83. The van der Waals surface area contributed by atoms with Crippen molar-refractivity contribution < 1.29 is 4.43 Å². The summed E-state index contributed by atoms with van der Waals surface area (Å²) < 4.78 is 6.27. The maximum absolute atomic E-state index is 6.27. The zero-order chi connectivity index (χ0) is 10.9. The summed E-state index contributed by atoms with van der Waals surface area (Å²) in [6.45, 7) is 11.6. The molecule has 0 amide bonds. The first-order valence-electron chi connectivity index (χ1n) is 5.81. The van der Waals surface area contributed by atoms with E-state index < -0.39 is 8.32 Å². The molecule has 0 aromatic carbocycles. The summed E-state index contributed by atoms with van der Waals surface area (Å²) in [7, 11) is -2.03. The van der Waals surface area contributed by atoms with Gasteiger partial charge in [-0.25, -0.2) is 0 Å². The molecule has 0 aromatic rings. The molecule has 2 fully saturated rings. The van der Waals surface area contributed by atoms with Crippen LogP contribution in [0.3, 0.4) is 0 Å². The van der Waals surface area contributed by atoms with E-state index in [2.05, 4.69) is 19.7 Å². The molecule has 2 aliphatic carbocycles. The van der Waals surface area contributed by atoms with Crippen LogP contribution in [0, 0.1) is 11.8 Å². The van der Waals surface area contributed by atoms with Crippen LogP contribution in [-0.2, 0) is 4.43 Å². The fraction of sp³-hybridized carbons (Fsp3) is 0.538. The Hall–Kier alpha value is -0.603. The van der Waals surface area contributed by atoms with E-state index in [0.29, 0.717) is 6.10 Å². The normalized spacial score (nSPS) is 34.0. The third kappa shape index (κ3) is 1.88. The van der Waals surface area contributed by atoms with Crippen LogP contribution < -0.4 is 0 Å². The van der Waals surface area contributed by atoms with Crippen molar-refractivity contribution in [1.82, 2.24) is 0 Å². The van der Waals surface area contributed by atoms with Crippen LogP contribution in [0.1, 0.15) is 25.7 Å². The van der Waals surface area contributed by atoms with Gasteiger partial charge >= 0.3 is 0 Å². The second-order valence-corrected chi connectivity index (χ2v) is 7.96. The molecule has 0 N–H and O–H groups in total. The molecule has 0 heterocycles. The maximum Gasteiger partial charge on any atom is 0.265 e. The Labute approximate surface area is 93.7 Å². The van der Waals surface area contributed by atoms with E-state index in [4.69, 9.17) is 4.43 Å². The van der Waals surface area contributed by atoms with Crippen LogP contribution in [0.5, 0.6) is 0 Å². The van der Waals surface area contributed by atoms with Gasteiger partial charge in [0.25, 0.3) is 8.32 Å². The van der Waals surface area contributed by atoms with Gasteiger partial charge in [-0.1, -0.05) is 17.1 Å². The van der Waals surface area contributed by atoms with E-state index in [1.165, 1.54) is 25.7 Å². The van der Waals surface area contributed by atoms with Gasteiger partial charge in [0.1, 0.15) is 0 Å². The van der Waals surface area contributed by atoms with Gasteiger partial charge in [-0.15, -0.1) is 19.7 Å². The molecule has 2 heteroatoms. The van der Waals surface area contributed by atoms with Crippen molar-refractivity contribution in [3.8, 4) is 0 Å². The fourth-order valence-corrected chi connectivity index (χ4v) is 4.59. The molecule has 0 radical (unpaired) electrons. The van der Waals surface area contributed by atoms with Crippen LogP contribution in [0.4, 0.5) is 0 Å². The lowest BCUT2D eigenvalue weighted by molar-refractivity contribution is 0.136. The quantitative estimate of drug-likeness (QED) is 0.646. The standard InChI is InChI=1S/C13H20OSi/c1-4-15(5-2,6-3)14-13-10-11-7-8-12(13)9-11/h4-6,11-13H,1-3,7-10H2. The molecule has 0 saturated heterocycles. The van der Waals surface area contributed by atoms with Crippen LogP contribution in [0.2, 0.25) is 0 Å². The van der Waals surface area contributed by atoms with Gasteiger partial charge in [-0.05, 0) is 37.5 Å². The Morgan fingerprint density at radius 1 is 1.00 bits per heavy atom. The Morgan fingerprint density at radius 3 is 2.07 bits per heavy atom. The minimum Gasteiger partial charge on any atom is -0.402 e. The molecule has 2 aliphatic rings. The van der Waals surface area contributed by atoms with Crippen molar-refractivity contribution in [3.05, 3.63) is 36.8 Å². The summed E-state index contributed by atoms with van der Waals surface area (Å²) in [4.78, 5) is 0. The van der Waals surface area contributed by atoms with Crippen LogP contribution in [0.15, 0.2) is 36.8 Å². The number of hydrogen-bond donors (Lipinski definition) is 0. The van der Waals surface area contributed by atoms with Gasteiger partial charge < -0.3 is 4.43 Å². The lowest BCUT2D eigenvalue weighted by Gasteiger charge is -2.30. The molecule has 0 aromatic heterocycles. The SMILES string of the molecule is C=C[Si](C=C)(C=C)OC1CC2CCC1C2. The minimum absolute atomic E-state index is 0.449. The summed E-state index contributed by atoms with van der Waals surface area (Å²) in [6, 6.07) is 0. The fourth-order valence-electron chi connectivity index (χ4n) is 2.99. The van der Waals surface area contributed by atoms with E-state index in [-0.39, 0.29) is 0 Å². The van der Waals surface area contributed by atoms with Crippen LogP contribution in [0.25, 0.3) is 0 Å². The number of rotatable bonds is 5. The first-order valence-corrected chi connectivity index (χ1v) is 7.95. The van der Waals surface area contributed by atoms with Gasteiger partial charge in [0.2, 0.25) is 0 Å². The summed E-state index contributed by atoms with van der Waals surface area (Å²) in [5.41, 5.74) is 5.79. The average molecular weight is 220 g/mol. The Balaban J connectivity index is 2.04. The number of fused-ring (bicyclic) bond motifs is 2. The molecular formula is C13H20OSi. The highest BCUT2D eigenvalue weighted by Gasteiger charge is 2.43. The molecule has 82 valence electrons. The largest absolute Gasteiger partial charge is 0.402 e. The van der Waals surface area contributed by atoms with Crippen molar-refractivity contribution >= 4 is 8.32 Å². The maximum atomic E-state index is 6.27. The van der Waals surface area contributed by atoms with Gasteiger partial charge in [-0.2, -0.15) is 0 Å². The molecule has 2 saturated carbocycles. The van der Waals surface area contributed by atoms with Crippen molar-refractivity contribution in [1.29, 1.82) is 0 Å². The highest BCUT2D eigenvalue weighted by atomic mass is 28.4. The molecule has 2 rings (SSSR count). The smallest absolute Gasteiger partial charge is 0.265 e. The van der Waals surface area contributed by atoms with Gasteiger partial charge in [0.15, 0.2) is 0 Å². The molecule has 3 unspecified atom stereocenters. The van der Waals surface area contributed by atoms with Crippen molar-refractivity contribution in [3.63, 3.8) is 0 Å². The van der Waals surface area contributed by atoms with Crippen LogP contribution >= 0.6 is 0 Å². The Kier molecular flexibility index (Phi) is 2.98. The molecule has 0 spiro atoms. The van der Waals surface area contributed by atoms with Crippen LogP contribution in [-0.4, -0.2) is 14.4 Å². The van der Waals surface area contributed by atoms with E-state index in [1.54, 1.807) is 0 Å². The lowest BCUT2D eigenvalue weighted by Crippen LogP contribution is -2.38. The highest BCUT2D eigenvalue weighted by Crippen LogP contribution is 2.46. The first kappa shape index (κ1) is 10.9. The van der Waals surface area contributed by atoms with Gasteiger partial charge in [-0.3, -0.25) is 0 Å². The van der Waals surface area contributed by atoms with Crippen molar-refractivity contribution in [2.24, 2.45) is 11.8 Å². The minimum atomic E-state index is -2.03. The molecule has 2 bridgehead atoms. The molecule has 3 atom stereocenters. The molecule has 0 aliphatic heterocycles. The van der Waals surface area contributed by atoms with Gasteiger partial charge in [0, 0.05) is 6.10 Å². The van der Waals surface area contributed by atoms with E-state index in [9.17, 15) is 0 Å². The van der Waals surface area contributed by atoms with E-state index >= 15 is 0 Å². The molecular weight excluding hydrogens is 200 g/mol. The lowest BCUT2D eigenvalue weighted by atomic mass is 9.98. The second-order valence-electron chi connectivity index (χ2n) is 4.80. The average Bonchev–Trinajstić information content (AvgIpc) is 2.88. The molecule has 15 heavy (non-hydrogen) atoms. The predicted molar refractivity (Wildman–Crippen MR) is 66.7 cm³/mol. The summed E-state index contributed by atoms with van der Waals surface area (Å²) in [5, 5.41) is 0. The van der Waals surface area contributed by atoms with E-state index in [1.807, 2.05) is 17.1 Å². The Morgan fingerprint density at radius 2 is 1.67 bits per heavy atom. The third-order valence-corrected chi connectivity index (χ3v) is 6.61. The zero-order valence-corrected chi connectivity index (χ0v) is 10.3. The zero-order valence-electron chi connectivity index (χ0n) is 9.32. The van der Waals surface area contributed by atoms with Gasteiger partial charge in [0.05, 0.1) is 0 Å². The number of hydrogen-bond acceptors (Lipinski definition) is 1. The van der Waals surface area contributed by atoms with Crippen molar-refractivity contribution in [2.45, 2.75) is 31.8 Å². The summed E-state index contributed by atoms with van der Waals surface area (Å²) in [5.74, 6) is 1.72. The second kappa shape index (κ2) is 4.10. The predicted octanol–water partition coefficient (Wildman–Crippen LogP) is 3.31. The third-order valence-electron chi connectivity index (χ3n) is 3.99. The topological polar surface area (TPSA) is 9.23 Å².